The monoisotopic (exact) mass is 300 g/mol. The van der Waals surface area contributed by atoms with Crippen LogP contribution in [-0.4, -0.2) is 8.42 Å². The molecule has 5 heteroatoms. The van der Waals surface area contributed by atoms with Crippen LogP contribution in [0.2, 0.25) is 5.02 Å². The van der Waals surface area contributed by atoms with E-state index in [0.29, 0.717) is 5.02 Å². The van der Waals surface area contributed by atoms with Gasteiger partial charge in [0.25, 0.3) is 9.05 Å². The van der Waals surface area contributed by atoms with Crippen LogP contribution < -0.4 is 0 Å². The first kappa shape index (κ1) is 13.4. The lowest BCUT2D eigenvalue weighted by molar-refractivity contribution is 0.609. The van der Waals surface area contributed by atoms with Gasteiger partial charge >= 0.3 is 0 Å². The predicted molar refractivity (Wildman–Crippen MR) is 73.7 cm³/mol. The molecule has 1 aliphatic carbocycles. The van der Waals surface area contributed by atoms with Gasteiger partial charge in [-0.15, -0.1) is 0 Å². The summed E-state index contributed by atoms with van der Waals surface area (Å²) in [6.07, 6.45) is 1.24. The molecule has 0 fully saturated rings. The van der Waals surface area contributed by atoms with E-state index in [1.165, 1.54) is 41.8 Å². The van der Waals surface area contributed by atoms with Gasteiger partial charge in [-0.3, -0.25) is 0 Å². The molecule has 0 saturated carbocycles. The van der Waals surface area contributed by atoms with Crippen molar-refractivity contribution in [1.29, 1.82) is 0 Å². The summed E-state index contributed by atoms with van der Waals surface area (Å²) in [6.45, 7) is 0. The molecular formula is C13H10Cl2O2S. The molecule has 2 aromatic rings. The van der Waals surface area contributed by atoms with Gasteiger partial charge in [-0.05, 0) is 41.8 Å². The summed E-state index contributed by atoms with van der Waals surface area (Å²) in [4.78, 5) is 0.0589. The smallest absolute Gasteiger partial charge is 0.207 e. The molecule has 0 aliphatic heterocycles. The Bertz CT molecular complexity index is 628. The first-order valence-electron chi connectivity index (χ1n) is 5.24. The van der Waals surface area contributed by atoms with Crippen LogP contribution in [0.25, 0.3) is 0 Å². The Morgan fingerprint density at radius 1 is 0.889 bits per heavy atom. The standard InChI is InChI=1S/C7H6.C6H4Cl2O2S/c1-2-4-7-5-6(7)3-1;7-5-1-3-6(4-2-5)11(8,9)10/h1-4H,5H2;1-4H. The van der Waals surface area contributed by atoms with E-state index in [4.69, 9.17) is 22.3 Å². The Kier molecular flexibility index (Phi) is 3.95. The van der Waals surface area contributed by atoms with Gasteiger partial charge in [0.1, 0.15) is 0 Å². The molecule has 94 valence electrons. The second-order valence-electron chi connectivity index (χ2n) is 3.84. The zero-order chi connectivity index (χ0) is 13.2. The summed E-state index contributed by atoms with van der Waals surface area (Å²) >= 11 is 5.52. The summed E-state index contributed by atoms with van der Waals surface area (Å²) in [5.41, 5.74) is 3.06. The molecule has 0 unspecified atom stereocenters. The fourth-order valence-electron chi connectivity index (χ4n) is 1.43. The molecule has 3 rings (SSSR count). The molecule has 0 saturated heterocycles. The number of hydrogen-bond donors (Lipinski definition) is 0. The third-order valence-corrected chi connectivity index (χ3v) is 4.09. The van der Waals surface area contributed by atoms with Crippen LogP contribution in [0, 0.1) is 0 Å². The molecule has 0 N–H and O–H groups in total. The summed E-state index contributed by atoms with van der Waals surface area (Å²) in [7, 11) is 1.43. The average molecular weight is 301 g/mol. The van der Waals surface area contributed by atoms with Crippen LogP contribution in [0.15, 0.2) is 53.4 Å². The van der Waals surface area contributed by atoms with Gasteiger partial charge in [-0.25, -0.2) is 8.42 Å². The van der Waals surface area contributed by atoms with E-state index >= 15 is 0 Å². The van der Waals surface area contributed by atoms with Gasteiger partial charge in [-0.2, -0.15) is 0 Å². The van der Waals surface area contributed by atoms with Crippen molar-refractivity contribution >= 4 is 31.3 Å². The maximum Gasteiger partial charge on any atom is 0.261 e. The number of halogens is 2. The Labute approximate surface area is 116 Å². The molecule has 1 aliphatic rings. The number of hydrogen-bond acceptors (Lipinski definition) is 2. The Balaban J connectivity index is 0.000000146. The van der Waals surface area contributed by atoms with Crippen molar-refractivity contribution in [2.75, 3.05) is 0 Å². The Morgan fingerprint density at radius 3 is 1.78 bits per heavy atom. The molecule has 0 amide bonds. The van der Waals surface area contributed by atoms with Crippen LogP contribution in [0.1, 0.15) is 11.1 Å². The minimum atomic E-state index is -3.61. The first-order valence-corrected chi connectivity index (χ1v) is 7.92. The topological polar surface area (TPSA) is 34.1 Å². The van der Waals surface area contributed by atoms with Gasteiger partial charge in [0.05, 0.1) is 4.90 Å². The lowest BCUT2D eigenvalue weighted by atomic mass is 10.4. The summed E-state index contributed by atoms with van der Waals surface area (Å²) in [5.74, 6) is 0. The maximum absolute atomic E-state index is 10.7. The van der Waals surface area contributed by atoms with Crippen LogP contribution >= 0.6 is 22.3 Å². The van der Waals surface area contributed by atoms with E-state index in [-0.39, 0.29) is 4.90 Å². The molecule has 0 radical (unpaired) electrons. The average Bonchev–Trinajstić information content (AvgIpc) is 3.08. The predicted octanol–water partition coefficient (Wildman–Crippen LogP) is 3.86. The van der Waals surface area contributed by atoms with Gasteiger partial charge in [-0.1, -0.05) is 35.9 Å². The highest BCUT2D eigenvalue weighted by atomic mass is 35.7. The van der Waals surface area contributed by atoms with Crippen molar-refractivity contribution in [2.24, 2.45) is 0 Å². The lowest BCUT2D eigenvalue weighted by Gasteiger charge is -1.93. The minimum absolute atomic E-state index is 0.0589. The summed E-state index contributed by atoms with van der Waals surface area (Å²) in [5, 5.41) is 0.481. The molecular weight excluding hydrogens is 291 g/mol. The van der Waals surface area contributed by atoms with E-state index in [1.807, 2.05) is 0 Å². The van der Waals surface area contributed by atoms with Crippen molar-refractivity contribution < 1.29 is 8.42 Å². The van der Waals surface area contributed by atoms with Crippen molar-refractivity contribution in [3.05, 3.63) is 64.7 Å². The minimum Gasteiger partial charge on any atom is -0.207 e. The van der Waals surface area contributed by atoms with Crippen LogP contribution in [0.4, 0.5) is 0 Å². The normalized spacial score (nSPS) is 12.1. The fourth-order valence-corrected chi connectivity index (χ4v) is 2.33. The number of fused-ring (bicyclic) bond motifs is 1. The first-order chi connectivity index (χ1) is 8.47. The molecule has 18 heavy (non-hydrogen) atoms. The molecule has 2 aromatic carbocycles. The number of rotatable bonds is 1. The van der Waals surface area contributed by atoms with Gasteiger partial charge in [0, 0.05) is 15.7 Å². The third-order valence-electron chi connectivity index (χ3n) is 2.47. The van der Waals surface area contributed by atoms with Crippen LogP contribution in [0.5, 0.6) is 0 Å². The molecule has 2 nitrogen and oxygen atoms in total. The van der Waals surface area contributed by atoms with Gasteiger partial charge in [0.15, 0.2) is 0 Å². The highest BCUT2D eigenvalue weighted by Gasteiger charge is 2.12. The number of benzene rings is 2. The molecule has 0 heterocycles. The van der Waals surface area contributed by atoms with E-state index in [1.54, 1.807) is 0 Å². The van der Waals surface area contributed by atoms with Crippen molar-refractivity contribution in [1.82, 2.24) is 0 Å². The summed E-state index contributed by atoms with van der Waals surface area (Å²) in [6, 6.07) is 14.2. The Morgan fingerprint density at radius 2 is 1.39 bits per heavy atom. The SMILES string of the molecule is O=S(=O)(Cl)c1ccc(Cl)cc1.c1ccc2c(c1)C2. The summed E-state index contributed by atoms with van der Waals surface area (Å²) < 4.78 is 21.3. The largest absolute Gasteiger partial charge is 0.261 e. The van der Waals surface area contributed by atoms with E-state index in [0.717, 1.165) is 0 Å². The molecule has 0 bridgehead atoms. The third kappa shape index (κ3) is 3.73. The van der Waals surface area contributed by atoms with Crippen LogP contribution in [0.3, 0.4) is 0 Å². The van der Waals surface area contributed by atoms with Crippen molar-refractivity contribution in [3.63, 3.8) is 0 Å². The molecule has 0 spiro atoms. The van der Waals surface area contributed by atoms with Crippen LogP contribution in [-0.2, 0) is 15.5 Å². The van der Waals surface area contributed by atoms with Crippen molar-refractivity contribution in [3.8, 4) is 0 Å². The molecule has 0 atom stereocenters. The van der Waals surface area contributed by atoms with E-state index in [2.05, 4.69) is 24.3 Å². The fraction of sp³-hybridized carbons (Fsp3) is 0.0769. The second-order valence-corrected chi connectivity index (χ2v) is 6.84. The highest BCUT2D eigenvalue weighted by molar-refractivity contribution is 8.13. The van der Waals surface area contributed by atoms with E-state index < -0.39 is 9.05 Å². The van der Waals surface area contributed by atoms with Gasteiger partial charge in [0.2, 0.25) is 0 Å². The highest BCUT2D eigenvalue weighted by Crippen LogP contribution is 2.25. The maximum atomic E-state index is 10.7. The zero-order valence-corrected chi connectivity index (χ0v) is 11.6. The van der Waals surface area contributed by atoms with Gasteiger partial charge < -0.3 is 0 Å². The van der Waals surface area contributed by atoms with Crippen molar-refractivity contribution in [2.45, 2.75) is 11.3 Å². The lowest BCUT2D eigenvalue weighted by Crippen LogP contribution is -1.88. The van der Waals surface area contributed by atoms with E-state index in [9.17, 15) is 8.42 Å². The molecule has 0 aromatic heterocycles. The second kappa shape index (κ2) is 5.31. The Hall–Kier alpha value is -1.03. The quantitative estimate of drug-likeness (QED) is 0.640. The zero-order valence-electron chi connectivity index (χ0n) is 9.31.